The van der Waals surface area contributed by atoms with Crippen LogP contribution < -0.4 is 4.74 Å². The van der Waals surface area contributed by atoms with Gasteiger partial charge in [0.05, 0.1) is 6.61 Å². The van der Waals surface area contributed by atoms with Crippen molar-refractivity contribution >= 4 is 6.09 Å². The highest BCUT2D eigenvalue weighted by Gasteiger charge is 2.22. The number of carbonyl (C=O) groups is 1. The van der Waals surface area contributed by atoms with Crippen molar-refractivity contribution in [2.75, 3.05) is 20.6 Å². The first-order valence-electron chi connectivity index (χ1n) is 11.7. The Morgan fingerprint density at radius 3 is 2.19 bits per heavy atom. The second-order valence-electron chi connectivity index (χ2n) is 9.18. The van der Waals surface area contributed by atoms with Crippen molar-refractivity contribution in [3.63, 3.8) is 0 Å². The van der Waals surface area contributed by atoms with Gasteiger partial charge in [-0.3, -0.25) is 4.90 Å². The predicted molar refractivity (Wildman–Crippen MR) is 131 cm³/mol. The second kappa shape index (κ2) is 12.6. The van der Waals surface area contributed by atoms with Crippen LogP contribution in [0.4, 0.5) is 4.79 Å². The van der Waals surface area contributed by atoms with Crippen molar-refractivity contribution in [1.29, 1.82) is 0 Å². The molecule has 32 heavy (non-hydrogen) atoms. The van der Waals surface area contributed by atoms with Gasteiger partial charge in [0.2, 0.25) is 0 Å². The minimum atomic E-state index is -0.403. The van der Waals surface area contributed by atoms with E-state index in [-0.39, 0.29) is 12.5 Å². The number of nitrogens with zero attached hydrogens (tertiary/aromatic N) is 2. The molecule has 1 N–H and O–H groups in total. The first kappa shape index (κ1) is 25.9. The Balaban J connectivity index is 2.30. The fraction of sp³-hybridized carbons (Fsp3) is 0.519. The van der Waals surface area contributed by atoms with Gasteiger partial charge in [-0.1, -0.05) is 42.8 Å². The summed E-state index contributed by atoms with van der Waals surface area (Å²) in [5.74, 6) is 0.639. The van der Waals surface area contributed by atoms with E-state index in [0.29, 0.717) is 17.8 Å². The summed E-state index contributed by atoms with van der Waals surface area (Å²) in [6, 6.07) is 17.0. The van der Waals surface area contributed by atoms with Gasteiger partial charge in [-0.15, -0.1) is 0 Å². The lowest BCUT2D eigenvalue weighted by Gasteiger charge is -2.30. The summed E-state index contributed by atoms with van der Waals surface area (Å²) in [6.45, 7) is 10.0. The SMILES string of the molecule is CC(C)N(CCCCC(c1ccccc1)c1cc(CO)ccc1OC(=O)N(C)C)C(C)C. The molecule has 2 aromatic rings. The lowest BCUT2D eigenvalue weighted by Crippen LogP contribution is -2.37. The number of hydrogen-bond donors (Lipinski definition) is 1. The molecule has 0 bridgehead atoms. The fourth-order valence-electron chi connectivity index (χ4n) is 4.19. The third-order valence-corrected chi connectivity index (χ3v) is 5.88. The quantitative estimate of drug-likeness (QED) is 0.458. The number of ether oxygens (including phenoxy) is 1. The Morgan fingerprint density at radius 1 is 0.969 bits per heavy atom. The van der Waals surface area contributed by atoms with Gasteiger partial charge >= 0.3 is 6.09 Å². The largest absolute Gasteiger partial charge is 0.414 e. The van der Waals surface area contributed by atoms with E-state index in [1.165, 1.54) is 10.5 Å². The van der Waals surface area contributed by atoms with Crippen molar-refractivity contribution in [2.24, 2.45) is 0 Å². The zero-order valence-corrected chi connectivity index (χ0v) is 20.5. The summed E-state index contributed by atoms with van der Waals surface area (Å²) in [4.78, 5) is 16.2. The number of hydrogen-bond acceptors (Lipinski definition) is 4. The highest BCUT2D eigenvalue weighted by molar-refractivity contribution is 5.70. The highest BCUT2D eigenvalue weighted by Crippen LogP contribution is 2.37. The summed E-state index contributed by atoms with van der Waals surface area (Å²) in [7, 11) is 3.35. The Bertz CT molecular complexity index is 826. The van der Waals surface area contributed by atoms with E-state index < -0.39 is 6.09 Å². The molecule has 2 aromatic carbocycles. The maximum absolute atomic E-state index is 12.3. The molecule has 0 aromatic heterocycles. The first-order valence-corrected chi connectivity index (χ1v) is 11.7. The predicted octanol–water partition coefficient (Wildman–Crippen LogP) is 5.66. The topological polar surface area (TPSA) is 53.0 Å². The van der Waals surface area contributed by atoms with Gasteiger partial charge in [0.15, 0.2) is 0 Å². The average Bonchev–Trinajstić information content (AvgIpc) is 2.76. The molecule has 1 unspecified atom stereocenters. The molecule has 5 nitrogen and oxygen atoms in total. The van der Waals surface area contributed by atoms with E-state index in [4.69, 9.17) is 4.74 Å². The van der Waals surface area contributed by atoms with Crippen LogP contribution in [0.1, 0.15) is 69.6 Å². The maximum Gasteiger partial charge on any atom is 0.414 e. The normalized spacial score (nSPS) is 12.4. The zero-order valence-electron chi connectivity index (χ0n) is 20.5. The molecular weight excluding hydrogens is 400 g/mol. The molecule has 0 aliphatic rings. The third-order valence-electron chi connectivity index (χ3n) is 5.88. The summed E-state index contributed by atoms with van der Waals surface area (Å²) >= 11 is 0. The van der Waals surface area contributed by atoms with Gasteiger partial charge in [0.1, 0.15) is 5.75 Å². The lowest BCUT2D eigenvalue weighted by molar-refractivity contribution is 0.170. The van der Waals surface area contributed by atoms with Crippen LogP contribution in [-0.2, 0) is 6.61 Å². The number of aliphatic hydroxyl groups is 1. The Morgan fingerprint density at radius 2 is 1.62 bits per heavy atom. The number of rotatable bonds is 11. The lowest BCUT2D eigenvalue weighted by atomic mass is 9.85. The highest BCUT2D eigenvalue weighted by atomic mass is 16.6. The molecule has 176 valence electrons. The molecule has 0 spiro atoms. The van der Waals surface area contributed by atoms with Gasteiger partial charge < -0.3 is 14.7 Å². The number of aliphatic hydroxyl groups excluding tert-OH is 1. The van der Waals surface area contributed by atoms with Crippen molar-refractivity contribution in [1.82, 2.24) is 9.80 Å². The molecule has 5 heteroatoms. The number of carbonyl (C=O) groups excluding carboxylic acids is 1. The summed E-state index contributed by atoms with van der Waals surface area (Å²) in [5.41, 5.74) is 2.95. The van der Waals surface area contributed by atoms with E-state index in [0.717, 1.165) is 36.9 Å². The molecule has 0 saturated heterocycles. The molecule has 0 saturated carbocycles. The van der Waals surface area contributed by atoms with Crippen LogP contribution >= 0.6 is 0 Å². The molecule has 0 heterocycles. The molecule has 0 radical (unpaired) electrons. The zero-order chi connectivity index (χ0) is 23.7. The smallest absolute Gasteiger partial charge is 0.410 e. The molecular formula is C27H40N2O3. The van der Waals surface area contributed by atoms with Gasteiger partial charge in [0.25, 0.3) is 0 Å². The van der Waals surface area contributed by atoms with E-state index in [1.807, 2.05) is 30.3 Å². The van der Waals surface area contributed by atoms with Gasteiger partial charge in [0, 0.05) is 37.7 Å². The van der Waals surface area contributed by atoms with Gasteiger partial charge in [-0.05, 0) is 70.3 Å². The first-order chi connectivity index (χ1) is 15.2. The average molecular weight is 441 g/mol. The van der Waals surface area contributed by atoms with Crippen LogP contribution in [-0.4, -0.2) is 53.7 Å². The monoisotopic (exact) mass is 440 g/mol. The van der Waals surface area contributed by atoms with E-state index in [1.54, 1.807) is 20.2 Å². The minimum absolute atomic E-state index is 0.0475. The van der Waals surface area contributed by atoms with Crippen LogP contribution in [0.3, 0.4) is 0 Å². The molecule has 1 atom stereocenters. The van der Waals surface area contributed by atoms with Crippen LogP contribution in [0.2, 0.25) is 0 Å². The Kier molecular flexibility index (Phi) is 10.2. The summed E-state index contributed by atoms with van der Waals surface area (Å²) < 4.78 is 5.71. The number of amides is 1. The maximum atomic E-state index is 12.3. The minimum Gasteiger partial charge on any atom is -0.410 e. The molecule has 2 rings (SSSR count). The van der Waals surface area contributed by atoms with E-state index in [2.05, 4.69) is 44.7 Å². The van der Waals surface area contributed by atoms with Crippen molar-refractivity contribution < 1.29 is 14.6 Å². The van der Waals surface area contributed by atoms with Crippen molar-refractivity contribution in [3.05, 3.63) is 65.2 Å². The summed E-state index contributed by atoms with van der Waals surface area (Å²) in [6.07, 6.45) is 2.70. The van der Waals surface area contributed by atoms with Crippen LogP contribution in [0.5, 0.6) is 5.75 Å². The number of unbranched alkanes of at least 4 members (excludes halogenated alkanes) is 1. The molecule has 1 amide bonds. The van der Waals surface area contributed by atoms with E-state index >= 15 is 0 Å². The Labute approximate surface area is 194 Å². The van der Waals surface area contributed by atoms with Crippen molar-refractivity contribution in [2.45, 2.75) is 71.6 Å². The van der Waals surface area contributed by atoms with Crippen LogP contribution in [0.15, 0.2) is 48.5 Å². The van der Waals surface area contributed by atoms with Crippen LogP contribution in [0.25, 0.3) is 0 Å². The van der Waals surface area contributed by atoms with Gasteiger partial charge in [-0.2, -0.15) is 0 Å². The summed E-state index contributed by atoms with van der Waals surface area (Å²) in [5, 5.41) is 9.73. The fourth-order valence-corrected chi connectivity index (χ4v) is 4.19. The van der Waals surface area contributed by atoms with Crippen LogP contribution in [0, 0.1) is 0 Å². The third kappa shape index (κ3) is 7.35. The van der Waals surface area contributed by atoms with Gasteiger partial charge in [-0.25, -0.2) is 4.79 Å². The van der Waals surface area contributed by atoms with E-state index in [9.17, 15) is 9.90 Å². The standard InChI is InChI=1S/C27H40N2O3/c1-20(2)29(21(3)4)17-11-10-14-24(23-12-8-7-9-13-23)25-18-22(19-30)15-16-26(25)32-27(31)28(5)6/h7-9,12-13,15-16,18,20-21,24,30H,10-11,14,17,19H2,1-6H3. The molecule has 0 aliphatic heterocycles. The van der Waals surface area contributed by atoms with Crippen molar-refractivity contribution in [3.8, 4) is 5.75 Å². The molecule has 0 fully saturated rings. The number of benzene rings is 2. The Hall–Kier alpha value is -2.37. The molecule has 0 aliphatic carbocycles. The second-order valence-corrected chi connectivity index (χ2v) is 9.18.